The molecule has 168 valence electrons. The molecule has 0 amide bonds. The number of hydrogen-bond donors (Lipinski definition) is 1. The number of tetrazole rings is 1. The van der Waals surface area contributed by atoms with Crippen LogP contribution in [0.3, 0.4) is 0 Å². The summed E-state index contributed by atoms with van der Waals surface area (Å²) in [7, 11) is 1.66. The first-order valence-corrected chi connectivity index (χ1v) is 9.84. The second kappa shape index (κ2) is 9.77. The van der Waals surface area contributed by atoms with Gasteiger partial charge in [0.15, 0.2) is 0 Å². The normalized spacial score (nSPS) is 16.6. The molecule has 0 aliphatic carbocycles. The molecule has 1 aliphatic rings. The smallest absolute Gasteiger partial charge is 0.319 e. The van der Waals surface area contributed by atoms with E-state index in [4.69, 9.17) is 19.9 Å². The zero-order valence-corrected chi connectivity index (χ0v) is 17.3. The van der Waals surface area contributed by atoms with Crippen molar-refractivity contribution in [1.82, 2.24) is 25.2 Å². The molecule has 4 rings (SSSR count). The molecule has 0 spiro atoms. The number of carbonyl (C=O) groups is 1. The molecule has 1 atom stereocenters. The quantitative estimate of drug-likeness (QED) is 0.544. The van der Waals surface area contributed by atoms with Crippen LogP contribution in [0.2, 0.25) is 0 Å². The molecular weight excluding hydrogens is 421 g/mol. The van der Waals surface area contributed by atoms with Crippen molar-refractivity contribution < 1.29 is 23.4 Å². The maximum atomic E-state index is 15.0. The minimum atomic E-state index is -0.518. The van der Waals surface area contributed by atoms with Crippen LogP contribution in [0.1, 0.15) is 0 Å². The minimum absolute atomic E-state index is 0.0368. The predicted molar refractivity (Wildman–Crippen MR) is 110 cm³/mol. The molecule has 0 bridgehead atoms. The summed E-state index contributed by atoms with van der Waals surface area (Å²) in [4.78, 5) is 18.8. The van der Waals surface area contributed by atoms with Crippen molar-refractivity contribution in [3.8, 4) is 22.6 Å². The molecule has 1 saturated heterocycles. The summed E-state index contributed by atoms with van der Waals surface area (Å²) in [5, 5.41) is 11.8. The summed E-state index contributed by atoms with van der Waals surface area (Å²) in [5.74, 6) is -0.536. The number of aromatic nitrogens is 5. The van der Waals surface area contributed by atoms with Crippen LogP contribution in [0, 0.1) is 5.82 Å². The molecule has 0 saturated carbocycles. The zero-order chi connectivity index (χ0) is 22.5. The Bertz CT molecular complexity index is 1080. The van der Waals surface area contributed by atoms with Gasteiger partial charge in [0.1, 0.15) is 37.7 Å². The largest absolute Gasteiger partial charge is 0.462 e. The summed E-state index contributed by atoms with van der Waals surface area (Å²) >= 11 is 0. The van der Waals surface area contributed by atoms with Crippen LogP contribution in [0.15, 0.2) is 36.5 Å². The van der Waals surface area contributed by atoms with Crippen LogP contribution >= 0.6 is 0 Å². The van der Waals surface area contributed by atoms with E-state index in [0.717, 1.165) is 0 Å². The lowest BCUT2D eigenvalue weighted by molar-refractivity contribution is -0.148. The van der Waals surface area contributed by atoms with Crippen LogP contribution in [-0.4, -0.2) is 70.5 Å². The lowest BCUT2D eigenvalue weighted by Gasteiger charge is -2.25. The van der Waals surface area contributed by atoms with E-state index in [-0.39, 0.29) is 26.7 Å². The number of anilines is 1. The van der Waals surface area contributed by atoms with E-state index in [0.29, 0.717) is 34.9 Å². The van der Waals surface area contributed by atoms with E-state index in [2.05, 4.69) is 20.4 Å². The maximum absolute atomic E-state index is 15.0. The van der Waals surface area contributed by atoms with Crippen molar-refractivity contribution in [3.63, 3.8) is 0 Å². The second-order valence-corrected chi connectivity index (χ2v) is 7.05. The number of carbonyl (C=O) groups excluding carboxylic acids is 1. The first-order valence-electron chi connectivity index (χ1n) is 9.84. The van der Waals surface area contributed by atoms with Gasteiger partial charge in [0.2, 0.25) is 5.82 Å². The van der Waals surface area contributed by atoms with Gasteiger partial charge in [-0.25, -0.2) is 4.39 Å². The van der Waals surface area contributed by atoms with Crippen molar-refractivity contribution in [1.29, 1.82) is 0 Å². The van der Waals surface area contributed by atoms with Gasteiger partial charge < -0.3 is 24.8 Å². The molecule has 1 aromatic carbocycles. The Morgan fingerprint density at radius 2 is 2.22 bits per heavy atom. The number of ether oxygens (including phenoxy) is 3. The van der Waals surface area contributed by atoms with Gasteiger partial charge in [-0.05, 0) is 29.5 Å². The van der Waals surface area contributed by atoms with Crippen molar-refractivity contribution in [3.05, 3.63) is 42.3 Å². The van der Waals surface area contributed by atoms with Crippen molar-refractivity contribution >= 4 is 11.7 Å². The van der Waals surface area contributed by atoms with Gasteiger partial charge in [0.25, 0.3) is 0 Å². The highest BCUT2D eigenvalue weighted by Gasteiger charge is 2.22. The molecule has 32 heavy (non-hydrogen) atoms. The number of nitrogens with two attached hydrogens (primary N) is 1. The topological polar surface area (TPSA) is 131 Å². The second-order valence-electron chi connectivity index (χ2n) is 7.05. The van der Waals surface area contributed by atoms with Gasteiger partial charge in [-0.15, -0.1) is 10.2 Å². The highest BCUT2D eigenvalue weighted by Crippen LogP contribution is 2.28. The minimum Gasteiger partial charge on any atom is -0.462 e. The molecule has 3 aromatic rings. The number of hydrogen-bond acceptors (Lipinski definition) is 10. The Kier molecular flexibility index (Phi) is 6.63. The van der Waals surface area contributed by atoms with Crippen LogP contribution in [-0.2, 0) is 26.1 Å². The SMILES string of the molecule is Cn1nnc(-c2ccc(-c3ccc(N4COCO[C@@H](COC(=O)CN)C4)cc3F)cn2)n1. The van der Waals surface area contributed by atoms with Gasteiger partial charge in [-0.1, -0.05) is 6.07 Å². The number of aryl methyl sites for hydroxylation is 1. The summed E-state index contributed by atoms with van der Waals surface area (Å²) in [6.07, 6.45) is 1.14. The third-order valence-electron chi connectivity index (χ3n) is 4.78. The van der Waals surface area contributed by atoms with Gasteiger partial charge in [0, 0.05) is 29.6 Å². The first-order chi connectivity index (χ1) is 15.5. The predicted octanol–water partition coefficient (Wildman–Crippen LogP) is 0.717. The number of rotatable bonds is 6. The number of pyridine rings is 1. The standard InChI is InChI=1S/C20H22FN7O4/c1-27-25-20(24-26-27)18-5-2-13(8-23-18)16-4-3-14(6-17(16)21)28-9-15(32-12-30-11-28)10-31-19(29)7-22/h2-6,8,15H,7,9-12,22H2,1H3/t15-/m1/s1. The molecule has 1 fully saturated rings. The first kappa shape index (κ1) is 21.7. The van der Waals surface area contributed by atoms with Crippen LogP contribution in [0.4, 0.5) is 10.1 Å². The van der Waals surface area contributed by atoms with Gasteiger partial charge in [0.05, 0.1) is 13.6 Å². The summed E-state index contributed by atoms with van der Waals surface area (Å²) < 4.78 is 31.0. The molecule has 2 aromatic heterocycles. The van der Waals surface area contributed by atoms with Gasteiger partial charge in [-0.2, -0.15) is 4.80 Å². The highest BCUT2D eigenvalue weighted by atomic mass is 19.1. The number of nitrogens with zero attached hydrogens (tertiary/aromatic N) is 6. The Morgan fingerprint density at radius 1 is 1.34 bits per heavy atom. The van der Waals surface area contributed by atoms with E-state index in [1.807, 2.05) is 4.90 Å². The van der Waals surface area contributed by atoms with Crippen molar-refractivity contribution in [2.45, 2.75) is 6.10 Å². The Morgan fingerprint density at radius 3 is 2.91 bits per heavy atom. The fraction of sp³-hybridized carbons (Fsp3) is 0.350. The Hall–Kier alpha value is -3.48. The van der Waals surface area contributed by atoms with Gasteiger partial charge in [-0.3, -0.25) is 9.78 Å². The number of halogens is 1. The molecule has 0 unspecified atom stereocenters. The molecule has 1 aliphatic heterocycles. The fourth-order valence-corrected chi connectivity index (χ4v) is 3.18. The van der Waals surface area contributed by atoms with E-state index in [1.54, 1.807) is 37.5 Å². The fourth-order valence-electron chi connectivity index (χ4n) is 3.18. The third-order valence-corrected chi connectivity index (χ3v) is 4.78. The molecule has 0 radical (unpaired) electrons. The van der Waals surface area contributed by atoms with Crippen LogP contribution in [0.5, 0.6) is 0 Å². The van der Waals surface area contributed by atoms with E-state index in [9.17, 15) is 9.18 Å². The Balaban J connectivity index is 1.48. The average molecular weight is 443 g/mol. The molecule has 3 heterocycles. The van der Waals surface area contributed by atoms with Gasteiger partial charge >= 0.3 is 5.97 Å². The number of esters is 1. The average Bonchev–Trinajstić information content (AvgIpc) is 3.10. The highest BCUT2D eigenvalue weighted by molar-refractivity contribution is 5.71. The monoisotopic (exact) mass is 443 g/mol. The molecule has 11 nitrogen and oxygen atoms in total. The number of benzene rings is 1. The molecule has 2 N–H and O–H groups in total. The summed E-state index contributed by atoms with van der Waals surface area (Å²) in [6.45, 7) is 0.444. The lowest BCUT2D eigenvalue weighted by Crippen LogP contribution is -2.35. The molecular formula is C20H22FN7O4. The zero-order valence-electron chi connectivity index (χ0n) is 17.3. The van der Waals surface area contributed by atoms with Crippen molar-refractivity contribution in [2.75, 3.05) is 38.1 Å². The summed E-state index contributed by atoms with van der Waals surface area (Å²) in [5.41, 5.74) is 7.42. The maximum Gasteiger partial charge on any atom is 0.319 e. The van der Waals surface area contributed by atoms with E-state index < -0.39 is 17.9 Å². The summed E-state index contributed by atoms with van der Waals surface area (Å²) in [6, 6.07) is 8.35. The van der Waals surface area contributed by atoms with E-state index in [1.165, 1.54) is 10.9 Å². The molecule has 12 heteroatoms. The Labute approximate surface area is 182 Å². The van der Waals surface area contributed by atoms with Crippen LogP contribution < -0.4 is 10.6 Å². The lowest BCUT2D eigenvalue weighted by atomic mass is 10.1. The van der Waals surface area contributed by atoms with Crippen molar-refractivity contribution in [2.24, 2.45) is 12.8 Å². The van der Waals surface area contributed by atoms with Crippen LogP contribution in [0.25, 0.3) is 22.6 Å². The van der Waals surface area contributed by atoms with E-state index >= 15 is 0 Å². The third kappa shape index (κ3) is 5.04.